The van der Waals surface area contributed by atoms with Crippen LogP contribution in [0.25, 0.3) is 0 Å². The van der Waals surface area contributed by atoms with E-state index in [0.29, 0.717) is 23.7 Å². The SMILES string of the molecule is COc1ccc(N2CC(C(=O)Nc3ccc(N4CCN(C)CC4)cc3)CC2=O)c(OC)c1. The van der Waals surface area contributed by atoms with E-state index in [-0.39, 0.29) is 18.2 Å². The normalized spacial score (nSPS) is 19.2. The molecule has 170 valence electrons. The molecule has 2 aliphatic rings. The number of likely N-dealkylation sites (N-methyl/N-ethyl adjacent to an activating group) is 1. The summed E-state index contributed by atoms with van der Waals surface area (Å²) in [5.74, 6) is 0.510. The summed E-state index contributed by atoms with van der Waals surface area (Å²) in [6, 6.07) is 13.2. The van der Waals surface area contributed by atoms with Crippen molar-refractivity contribution in [2.24, 2.45) is 5.92 Å². The fourth-order valence-corrected chi connectivity index (χ4v) is 4.19. The molecule has 2 amide bonds. The number of hydrogen-bond donors (Lipinski definition) is 1. The molecular weight excluding hydrogens is 408 g/mol. The van der Waals surface area contributed by atoms with Gasteiger partial charge in [0.05, 0.1) is 25.8 Å². The van der Waals surface area contributed by atoms with Gasteiger partial charge in [-0.05, 0) is 43.4 Å². The van der Waals surface area contributed by atoms with Gasteiger partial charge in [-0.3, -0.25) is 9.59 Å². The van der Waals surface area contributed by atoms with Gasteiger partial charge in [-0.2, -0.15) is 0 Å². The van der Waals surface area contributed by atoms with Gasteiger partial charge in [0.2, 0.25) is 11.8 Å². The number of carbonyl (C=O) groups is 2. The number of nitrogens with zero attached hydrogens (tertiary/aromatic N) is 3. The largest absolute Gasteiger partial charge is 0.497 e. The summed E-state index contributed by atoms with van der Waals surface area (Å²) in [4.78, 5) is 31.8. The number of benzene rings is 2. The van der Waals surface area contributed by atoms with E-state index in [0.717, 1.165) is 37.6 Å². The molecule has 2 saturated heterocycles. The third-order valence-corrected chi connectivity index (χ3v) is 6.18. The summed E-state index contributed by atoms with van der Waals surface area (Å²) in [5.41, 5.74) is 2.54. The maximum atomic E-state index is 12.9. The van der Waals surface area contributed by atoms with Gasteiger partial charge in [0.1, 0.15) is 11.5 Å². The molecule has 2 aliphatic heterocycles. The van der Waals surface area contributed by atoms with Gasteiger partial charge in [-0.25, -0.2) is 0 Å². The molecule has 0 bridgehead atoms. The van der Waals surface area contributed by atoms with Crippen molar-refractivity contribution >= 4 is 28.9 Å². The molecule has 2 aromatic rings. The minimum absolute atomic E-state index is 0.0981. The zero-order chi connectivity index (χ0) is 22.7. The van der Waals surface area contributed by atoms with Gasteiger partial charge in [0, 0.05) is 56.6 Å². The monoisotopic (exact) mass is 438 g/mol. The first-order valence-electron chi connectivity index (χ1n) is 10.9. The zero-order valence-corrected chi connectivity index (χ0v) is 18.8. The minimum Gasteiger partial charge on any atom is -0.497 e. The summed E-state index contributed by atoms with van der Waals surface area (Å²) < 4.78 is 10.7. The Morgan fingerprint density at radius 3 is 2.38 bits per heavy atom. The van der Waals surface area contributed by atoms with Crippen molar-refractivity contribution in [3.05, 3.63) is 42.5 Å². The number of methoxy groups -OCH3 is 2. The van der Waals surface area contributed by atoms with Crippen molar-refractivity contribution < 1.29 is 19.1 Å². The molecule has 0 spiro atoms. The summed E-state index contributed by atoms with van der Waals surface area (Å²) in [6.45, 7) is 4.40. The molecule has 1 N–H and O–H groups in total. The van der Waals surface area contributed by atoms with E-state index in [1.54, 1.807) is 37.3 Å². The Balaban J connectivity index is 1.39. The lowest BCUT2D eigenvalue weighted by Crippen LogP contribution is -2.44. The number of amides is 2. The lowest BCUT2D eigenvalue weighted by molar-refractivity contribution is -0.122. The molecule has 32 heavy (non-hydrogen) atoms. The summed E-state index contributed by atoms with van der Waals surface area (Å²) in [7, 11) is 5.26. The van der Waals surface area contributed by atoms with Crippen LogP contribution in [0.15, 0.2) is 42.5 Å². The third kappa shape index (κ3) is 4.65. The predicted molar refractivity (Wildman–Crippen MR) is 125 cm³/mol. The minimum atomic E-state index is -0.424. The van der Waals surface area contributed by atoms with Crippen LogP contribution in [-0.2, 0) is 9.59 Å². The predicted octanol–water partition coefficient (Wildman–Crippen LogP) is 2.45. The Bertz CT molecular complexity index is 970. The Labute approximate surface area is 188 Å². The van der Waals surface area contributed by atoms with Crippen LogP contribution in [-0.4, -0.2) is 70.7 Å². The Morgan fingerprint density at radius 2 is 1.72 bits per heavy atom. The van der Waals surface area contributed by atoms with Crippen LogP contribution in [0.3, 0.4) is 0 Å². The molecule has 2 fully saturated rings. The first-order valence-corrected chi connectivity index (χ1v) is 10.9. The van der Waals surface area contributed by atoms with Gasteiger partial charge in [-0.15, -0.1) is 0 Å². The quantitative estimate of drug-likeness (QED) is 0.747. The van der Waals surface area contributed by atoms with Gasteiger partial charge in [0.25, 0.3) is 0 Å². The molecule has 1 unspecified atom stereocenters. The maximum Gasteiger partial charge on any atom is 0.229 e. The average Bonchev–Trinajstić information content (AvgIpc) is 3.21. The van der Waals surface area contributed by atoms with Crippen molar-refractivity contribution in [3.63, 3.8) is 0 Å². The highest BCUT2D eigenvalue weighted by atomic mass is 16.5. The van der Waals surface area contributed by atoms with Crippen LogP contribution in [0.1, 0.15) is 6.42 Å². The Morgan fingerprint density at radius 1 is 1.00 bits per heavy atom. The van der Waals surface area contributed by atoms with Crippen molar-refractivity contribution in [3.8, 4) is 11.5 Å². The molecule has 0 aromatic heterocycles. The molecule has 2 heterocycles. The fraction of sp³-hybridized carbons (Fsp3) is 0.417. The number of carbonyl (C=O) groups excluding carboxylic acids is 2. The van der Waals surface area contributed by atoms with Gasteiger partial charge < -0.3 is 29.5 Å². The smallest absolute Gasteiger partial charge is 0.229 e. The van der Waals surface area contributed by atoms with E-state index in [2.05, 4.69) is 22.2 Å². The van der Waals surface area contributed by atoms with E-state index >= 15 is 0 Å². The zero-order valence-electron chi connectivity index (χ0n) is 18.8. The highest BCUT2D eigenvalue weighted by molar-refractivity contribution is 6.04. The average molecular weight is 439 g/mol. The number of rotatable bonds is 6. The van der Waals surface area contributed by atoms with Crippen molar-refractivity contribution in [1.82, 2.24) is 4.90 Å². The second kappa shape index (κ2) is 9.48. The number of nitrogens with one attached hydrogen (secondary N) is 1. The molecular formula is C24H30N4O4. The second-order valence-electron chi connectivity index (χ2n) is 8.27. The highest BCUT2D eigenvalue weighted by Gasteiger charge is 2.36. The molecule has 0 aliphatic carbocycles. The highest BCUT2D eigenvalue weighted by Crippen LogP contribution is 2.36. The van der Waals surface area contributed by atoms with Crippen molar-refractivity contribution in [2.45, 2.75) is 6.42 Å². The van der Waals surface area contributed by atoms with E-state index < -0.39 is 5.92 Å². The van der Waals surface area contributed by atoms with E-state index in [9.17, 15) is 9.59 Å². The number of piperazine rings is 1. The summed E-state index contributed by atoms with van der Waals surface area (Å²) >= 11 is 0. The molecule has 8 heteroatoms. The number of anilines is 3. The lowest BCUT2D eigenvalue weighted by Gasteiger charge is -2.34. The van der Waals surface area contributed by atoms with Crippen LogP contribution in [0.2, 0.25) is 0 Å². The maximum absolute atomic E-state index is 12.9. The van der Waals surface area contributed by atoms with Gasteiger partial charge in [-0.1, -0.05) is 0 Å². The van der Waals surface area contributed by atoms with Crippen molar-refractivity contribution in [1.29, 1.82) is 0 Å². The topological polar surface area (TPSA) is 74.4 Å². The number of ether oxygens (including phenoxy) is 2. The molecule has 0 radical (unpaired) electrons. The third-order valence-electron chi connectivity index (χ3n) is 6.18. The lowest BCUT2D eigenvalue weighted by atomic mass is 10.1. The molecule has 0 saturated carbocycles. The van der Waals surface area contributed by atoms with Gasteiger partial charge >= 0.3 is 0 Å². The van der Waals surface area contributed by atoms with Crippen LogP contribution in [0.5, 0.6) is 11.5 Å². The van der Waals surface area contributed by atoms with Crippen LogP contribution < -0.4 is 24.6 Å². The van der Waals surface area contributed by atoms with E-state index in [1.807, 2.05) is 24.3 Å². The summed E-state index contributed by atoms with van der Waals surface area (Å²) in [6.07, 6.45) is 0.167. The fourth-order valence-electron chi connectivity index (χ4n) is 4.19. The van der Waals surface area contributed by atoms with Crippen molar-refractivity contribution in [2.75, 3.05) is 69.1 Å². The molecule has 8 nitrogen and oxygen atoms in total. The molecule has 4 rings (SSSR count). The summed E-state index contributed by atoms with van der Waals surface area (Å²) in [5, 5.41) is 2.96. The second-order valence-corrected chi connectivity index (χ2v) is 8.27. The Hall–Kier alpha value is -3.26. The van der Waals surface area contributed by atoms with Crippen LogP contribution in [0, 0.1) is 5.92 Å². The van der Waals surface area contributed by atoms with Crippen LogP contribution in [0.4, 0.5) is 17.1 Å². The molecule has 2 aromatic carbocycles. The van der Waals surface area contributed by atoms with Gasteiger partial charge in [0.15, 0.2) is 0 Å². The van der Waals surface area contributed by atoms with E-state index in [1.165, 1.54) is 0 Å². The first kappa shape index (κ1) is 22.0. The van der Waals surface area contributed by atoms with Crippen LogP contribution >= 0.6 is 0 Å². The Kier molecular flexibility index (Phi) is 6.50. The molecule has 1 atom stereocenters. The standard InChI is InChI=1S/C24H30N4O4/c1-26-10-12-27(13-11-26)19-6-4-18(5-7-19)25-24(30)17-14-23(29)28(16-17)21-9-8-20(31-2)15-22(21)32-3/h4-9,15,17H,10-14,16H2,1-3H3,(H,25,30). The first-order chi connectivity index (χ1) is 15.5. The number of hydrogen-bond acceptors (Lipinski definition) is 6. The van der Waals surface area contributed by atoms with E-state index in [4.69, 9.17) is 9.47 Å².